The molecule has 18 heavy (non-hydrogen) atoms. The molecule has 1 heterocycles. The number of urea groups is 1. The van der Waals surface area contributed by atoms with Crippen LogP contribution in [0.5, 0.6) is 0 Å². The highest BCUT2D eigenvalue weighted by Crippen LogP contribution is 2.17. The van der Waals surface area contributed by atoms with Crippen LogP contribution in [-0.4, -0.2) is 29.6 Å². The molecule has 0 radical (unpaired) electrons. The minimum absolute atomic E-state index is 0.275. The Morgan fingerprint density at radius 3 is 2.44 bits per heavy atom. The number of hydrogen-bond donors (Lipinski definition) is 1. The van der Waals surface area contributed by atoms with Gasteiger partial charge in [-0.25, -0.2) is 4.79 Å². The second-order valence-electron chi connectivity index (χ2n) is 4.81. The summed E-state index contributed by atoms with van der Waals surface area (Å²) in [6, 6.07) is -0.338. The predicted octanol–water partition coefficient (Wildman–Crippen LogP) is 2.46. The van der Waals surface area contributed by atoms with Gasteiger partial charge in [0.15, 0.2) is 5.13 Å². The second-order valence-corrected chi connectivity index (χ2v) is 6.87. The highest BCUT2D eigenvalue weighted by molar-refractivity contribution is 7.69. The predicted molar refractivity (Wildman–Crippen MR) is 77.4 cm³/mol. The smallest absolute Gasteiger partial charge is 0.344 e. The molecule has 1 aromatic rings. The summed E-state index contributed by atoms with van der Waals surface area (Å²) >= 11 is 0. The van der Waals surface area contributed by atoms with Crippen molar-refractivity contribution in [2.45, 2.75) is 40.2 Å². The summed E-state index contributed by atoms with van der Waals surface area (Å²) in [5.41, 5.74) is -0.275. The van der Waals surface area contributed by atoms with E-state index in [0.717, 1.165) is 18.2 Å². The largest absolute Gasteiger partial charge is 0.348 e. The molecule has 0 atom stereocenters. The van der Waals surface area contributed by atoms with Crippen molar-refractivity contribution in [3.05, 3.63) is 4.80 Å². The van der Waals surface area contributed by atoms with E-state index in [1.54, 1.807) is 10.3 Å². The van der Waals surface area contributed by atoms with E-state index in [0.29, 0.717) is 4.80 Å². The molecule has 7 heteroatoms. The molecule has 0 bridgehead atoms. The second kappa shape index (κ2) is 6.29. The van der Waals surface area contributed by atoms with E-state index in [1.165, 1.54) is 10.3 Å². The number of carbonyl (C=O) groups is 1. The summed E-state index contributed by atoms with van der Waals surface area (Å²) < 4.78 is 0. The maximum Gasteiger partial charge on any atom is 0.344 e. The Balaban J connectivity index is 2.82. The molecule has 0 aliphatic heterocycles. The van der Waals surface area contributed by atoms with Crippen molar-refractivity contribution >= 4 is 31.8 Å². The van der Waals surface area contributed by atoms with Gasteiger partial charge in [-0.1, -0.05) is 0 Å². The number of hydrogen-bond acceptors (Lipinski definition) is 5. The third kappa shape index (κ3) is 4.73. The Kier molecular flexibility index (Phi) is 5.28. The van der Waals surface area contributed by atoms with Gasteiger partial charge in [0.2, 0.25) is 4.80 Å². The van der Waals surface area contributed by atoms with Gasteiger partial charge in [-0.15, -0.1) is 0 Å². The number of carbonyl (C=O) groups excluding carboxylic acids is 1. The summed E-state index contributed by atoms with van der Waals surface area (Å²) in [4.78, 5) is 22.6. The van der Waals surface area contributed by atoms with Gasteiger partial charge in [-0.3, -0.25) is 0 Å². The Labute approximate surface area is 115 Å². The Morgan fingerprint density at radius 2 is 1.94 bits per heavy atom. The van der Waals surface area contributed by atoms with Gasteiger partial charge in [0.1, 0.15) is 0 Å². The minimum atomic E-state index is -0.338. The van der Waals surface area contributed by atoms with Gasteiger partial charge < -0.3 is 10.2 Å². The molecule has 0 aliphatic rings. The van der Waals surface area contributed by atoms with Gasteiger partial charge in [-0.05, 0) is 55.3 Å². The van der Waals surface area contributed by atoms with Gasteiger partial charge in [0.05, 0.1) is 0 Å². The highest BCUT2D eigenvalue weighted by Gasteiger charge is 2.13. The average molecular weight is 288 g/mol. The first-order valence-corrected chi connectivity index (χ1v) is 8.09. The molecule has 102 valence electrons. The van der Waals surface area contributed by atoms with Crippen LogP contribution in [-0.2, 0) is 0 Å². The maximum atomic E-state index is 11.6. The third-order valence-electron chi connectivity index (χ3n) is 2.10. The van der Waals surface area contributed by atoms with Gasteiger partial charge in [0.25, 0.3) is 0 Å². The van der Waals surface area contributed by atoms with E-state index in [1.807, 2.05) is 20.8 Å². The number of nitrogens with one attached hydrogen (secondary N) is 1. The van der Waals surface area contributed by atoms with Crippen molar-refractivity contribution in [2.24, 2.45) is 4.99 Å². The molecule has 0 aliphatic carbocycles. The first-order valence-electron chi connectivity index (χ1n) is 5.94. The molecular weight excluding hydrogens is 268 g/mol. The summed E-state index contributed by atoms with van der Waals surface area (Å²) in [7, 11) is 2.97. The van der Waals surface area contributed by atoms with E-state index < -0.39 is 0 Å². The van der Waals surface area contributed by atoms with Crippen LogP contribution in [0.1, 0.15) is 34.6 Å². The summed E-state index contributed by atoms with van der Waals surface area (Å²) in [5.74, 6) is 0. The molecule has 5 nitrogen and oxygen atoms in total. The van der Waals surface area contributed by atoms with Crippen LogP contribution >= 0.6 is 20.7 Å². The highest BCUT2D eigenvalue weighted by atomic mass is 32.9. The molecule has 0 saturated carbocycles. The molecule has 0 spiro atoms. The zero-order chi connectivity index (χ0) is 13.8. The van der Waals surface area contributed by atoms with Crippen molar-refractivity contribution in [3.63, 3.8) is 0 Å². The lowest BCUT2D eigenvalue weighted by Gasteiger charge is -2.17. The molecule has 2 amide bonds. The van der Waals surface area contributed by atoms with E-state index >= 15 is 0 Å². The maximum absolute atomic E-state index is 11.6. The third-order valence-corrected chi connectivity index (χ3v) is 4.15. The number of rotatable bonds is 3. The van der Waals surface area contributed by atoms with Crippen LogP contribution in [0, 0.1) is 0 Å². The van der Waals surface area contributed by atoms with Gasteiger partial charge in [-0.2, -0.15) is 9.98 Å². The van der Waals surface area contributed by atoms with E-state index in [-0.39, 0.29) is 11.6 Å². The number of anilines is 1. The zero-order valence-electron chi connectivity index (χ0n) is 11.5. The quantitative estimate of drug-likeness (QED) is 0.869. The number of amides is 2. The SMILES string of the molecule is CCN(CC)c1n/c(=N/C(=O)NC(C)(C)C)ss1. The fourth-order valence-electron chi connectivity index (χ4n) is 1.29. The van der Waals surface area contributed by atoms with Crippen molar-refractivity contribution < 1.29 is 4.79 Å². The van der Waals surface area contributed by atoms with Crippen LogP contribution in [0.4, 0.5) is 9.93 Å². The minimum Gasteiger partial charge on any atom is -0.348 e. The molecule has 1 aromatic heterocycles. The monoisotopic (exact) mass is 288 g/mol. The van der Waals surface area contributed by atoms with Crippen LogP contribution in [0.3, 0.4) is 0 Å². The van der Waals surface area contributed by atoms with Crippen molar-refractivity contribution in [3.8, 4) is 0 Å². The summed E-state index contributed by atoms with van der Waals surface area (Å²) in [5, 5.41) is 3.71. The van der Waals surface area contributed by atoms with Crippen LogP contribution in [0.25, 0.3) is 0 Å². The topological polar surface area (TPSA) is 57.6 Å². The lowest BCUT2D eigenvalue weighted by molar-refractivity contribution is 0.240. The van der Waals surface area contributed by atoms with Gasteiger partial charge >= 0.3 is 6.03 Å². The first kappa shape index (κ1) is 15.1. The molecule has 0 unspecified atom stereocenters. The van der Waals surface area contributed by atoms with Crippen molar-refractivity contribution in [1.82, 2.24) is 10.3 Å². The molecule has 0 aromatic carbocycles. The van der Waals surface area contributed by atoms with E-state index in [4.69, 9.17) is 0 Å². The van der Waals surface area contributed by atoms with Crippen LogP contribution < -0.4 is 15.0 Å². The lowest BCUT2D eigenvalue weighted by atomic mass is 10.1. The molecule has 0 fully saturated rings. The lowest BCUT2D eigenvalue weighted by Crippen LogP contribution is -2.39. The van der Waals surface area contributed by atoms with Crippen molar-refractivity contribution in [1.29, 1.82) is 0 Å². The van der Waals surface area contributed by atoms with Crippen molar-refractivity contribution in [2.75, 3.05) is 18.0 Å². The molecule has 1 rings (SSSR count). The number of aromatic nitrogens is 1. The molecular formula is C11H20N4OS2. The normalized spacial score (nSPS) is 12.6. The zero-order valence-corrected chi connectivity index (χ0v) is 13.1. The summed E-state index contributed by atoms with van der Waals surface area (Å²) in [6.45, 7) is 11.7. The van der Waals surface area contributed by atoms with Crippen LogP contribution in [0.15, 0.2) is 4.99 Å². The van der Waals surface area contributed by atoms with E-state index in [9.17, 15) is 4.79 Å². The first-order chi connectivity index (χ1) is 8.35. The molecule has 0 saturated heterocycles. The van der Waals surface area contributed by atoms with Crippen LogP contribution in [0.2, 0.25) is 0 Å². The fourth-order valence-corrected chi connectivity index (χ4v) is 3.33. The summed E-state index contributed by atoms with van der Waals surface area (Å²) in [6.07, 6.45) is 0. The Bertz CT molecular complexity index is 454. The Morgan fingerprint density at radius 1 is 1.33 bits per heavy atom. The number of nitrogens with zero attached hydrogens (tertiary/aromatic N) is 3. The standard InChI is InChI=1S/C11H20N4OS2/c1-6-15(7-2)10-13-9(17-18-10)12-8(16)14-11(3,4)5/h6-7H2,1-5H3,(H,14,16)/b12-9-. The average Bonchev–Trinajstić information content (AvgIpc) is 2.65. The van der Waals surface area contributed by atoms with E-state index in [2.05, 4.69) is 34.0 Å². The molecule has 1 N–H and O–H groups in total. The Hall–Kier alpha value is -0.950. The fraction of sp³-hybridized carbons (Fsp3) is 0.727. The van der Waals surface area contributed by atoms with Gasteiger partial charge in [0, 0.05) is 18.6 Å².